The summed E-state index contributed by atoms with van der Waals surface area (Å²) in [5, 5.41) is 7.51. The maximum atomic E-state index is 5.64. The number of aromatic nitrogens is 3. The molecule has 0 aliphatic heterocycles. The van der Waals surface area contributed by atoms with Crippen molar-refractivity contribution in [3.8, 4) is 0 Å². The highest BCUT2D eigenvalue weighted by Gasteiger charge is 2.09. The van der Waals surface area contributed by atoms with E-state index in [0.717, 1.165) is 12.2 Å². The second kappa shape index (κ2) is 5.59. The normalized spacial score (nSPS) is 12.1. The summed E-state index contributed by atoms with van der Waals surface area (Å²) in [7, 11) is 0. The van der Waals surface area contributed by atoms with Crippen LogP contribution < -0.4 is 11.1 Å². The van der Waals surface area contributed by atoms with Crippen molar-refractivity contribution in [1.29, 1.82) is 0 Å². The number of anilines is 1. The zero-order valence-electron chi connectivity index (χ0n) is 10.1. The number of pyridine rings is 1. The number of thiocarbonyl (C=S) groups is 1. The summed E-state index contributed by atoms with van der Waals surface area (Å²) in [4.78, 5) is 4.47. The zero-order chi connectivity index (χ0) is 13.0. The lowest BCUT2D eigenvalue weighted by molar-refractivity contribution is 0.560. The first-order valence-corrected chi connectivity index (χ1v) is 6.06. The fraction of sp³-hybridized carbons (Fsp3) is 0.250. The number of nitrogens with one attached hydrogen (secondary N) is 1. The molecule has 0 amide bonds. The van der Waals surface area contributed by atoms with Crippen LogP contribution in [0.5, 0.6) is 0 Å². The second-order valence-electron chi connectivity index (χ2n) is 4.04. The summed E-state index contributed by atoms with van der Waals surface area (Å²) in [6.07, 6.45) is 5.37. The Kier molecular flexibility index (Phi) is 3.88. The van der Waals surface area contributed by atoms with Gasteiger partial charge >= 0.3 is 0 Å². The van der Waals surface area contributed by atoms with Gasteiger partial charge in [0.1, 0.15) is 10.7 Å². The van der Waals surface area contributed by atoms with Gasteiger partial charge in [-0.15, -0.1) is 0 Å². The number of hydrogen-bond acceptors (Lipinski definition) is 4. The Morgan fingerprint density at radius 3 is 3.00 bits per heavy atom. The van der Waals surface area contributed by atoms with Crippen molar-refractivity contribution in [3.05, 3.63) is 42.5 Å². The van der Waals surface area contributed by atoms with Gasteiger partial charge in [-0.2, -0.15) is 5.10 Å². The molecule has 2 heterocycles. The minimum Gasteiger partial charge on any atom is -0.388 e. The van der Waals surface area contributed by atoms with Crippen molar-refractivity contribution in [2.75, 3.05) is 5.32 Å². The van der Waals surface area contributed by atoms with Crippen LogP contribution in [0.4, 0.5) is 5.69 Å². The Labute approximate surface area is 111 Å². The predicted octanol–water partition coefficient (Wildman–Crippen LogP) is 1.41. The second-order valence-corrected chi connectivity index (χ2v) is 4.48. The van der Waals surface area contributed by atoms with Crippen LogP contribution >= 0.6 is 12.2 Å². The third kappa shape index (κ3) is 3.04. The van der Waals surface area contributed by atoms with Crippen molar-refractivity contribution in [3.63, 3.8) is 0 Å². The Bertz CT molecular complexity index is 523. The van der Waals surface area contributed by atoms with Crippen LogP contribution in [0.2, 0.25) is 0 Å². The zero-order valence-corrected chi connectivity index (χ0v) is 10.9. The molecule has 1 unspecified atom stereocenters. The first-order valence-electron chi connectivity index (χ1n) is 5.65. The number of nitrogens with zero attached hydrogens (tertiary/aromatic N) is 3. The van der Waals surface area contributed by atoms with E-state index in [9.17, 15) is 0 Å². The molecule has 0 aromatic carbocycles. The maximum absolute atomic E-state index is 5.64. The third-order valence-corrected chi connectivity index (χ3v) is 2.66. The smallest absolute Gasteiger partial charge is 0.124 e. The number of hydrogen-bond donors (Lipinski definition) is 2. The molecule has 0 aliphatic rings. The molecule has 3 N–H and O–H groups in total. The molecular weight excluding hydrogens is 246 g/mol. The standard InChI is InChI=1S/C12H15N5S/c1-9(8-17-7-3-6-15-17)16-10-4-2-5-14-11(10)12(13)18/h2-7,9,16H,8H2,1H3,(H2,13,18). The van der Waals surface area contributed by atoms with Crippen molar-refractivity contribution in [2.24, 2.45) is 5.73 Å². The molecule has 2 rings (SSSR count). The fourth-order valence-corrected chi connectivity index (χ4v) is 1.88. The van der Waals surface area contributed by atoms with Gasteiger partial charge in [0.05, 0.1) is 12.2 Å². The van der Waals surface area contributed by atoms with Crippen molar-refractivity contribution in [2.45, 2.75) is 19.5 Å². The minimum atomic E-state index is 0.196. The summed E-state index contributed by atoms with van der Waals surface area (Å²) in [5.74, 6) is 0. The summed E-state index contributed by atoms with van der Waals surface area (Å²) in [6, 6.07) is 5.87. The summed E-state index contributed by atoms with van der Waals surface area (Å²) >= 11 is 4.98. The highest BCUT2D eigenvalue weighted by molar-refractivity contribution is 7.80. The molecule has 0 fully saturated rings. The average molecular weight is 261 g/mol. The van der Waals surface area contributed by atoms with Gasteiger partial charge in [-0.25, -0.2) is 0 Å². The highest BCUT2D eigenvalue weighted by Crippen LogP contribution is 2.13. The van der Waals surface area contributed by atoms with Gasteiger partial charge in [0.25, 0.3) is 0 Å². The lowest BCUT2D eigenvalue weighted by Crippen LogP contribution is -2.24. The van der Waals surface area contributed by atoms with Crippen LogP contribution in [0.3, 0.4) is 0 Å². The van der Waals surface area contributed by atoms with Crippen LogP contribution in [-0.4, -0.2) is 25.8 Å². The fourth-order valence-electron chi connectivity index (χ4n) is 1.72. The molecule has 0 spiro atoms. The molecule has 0 radical (unpaired) electrons. The van der Waals surface area contributed by atoms with Crippen molar-refractivity contribution in [1.82, 2.24) is 14.8 Å². The largest absolute Gasteiger partial charge is 0.388 e. The van der Waals surface area contributed by atoms with Crippen LogP contribution in [0.25, 0.3) is 0 Å². The molecule has 0 saturated carbocycles. The van der Waals surface area contributed by atoms with E-state index < -0.39 is 0 Å². The minimum absolute atomic E-state index is 0.196. The monoisotopic (exact) mass is 261 g/mol. The average Bonchev–Trinajstić information content (AvgIpc) is 2.82. The van der Waals surface area contributed by atoms with Gasteiger partial charge in [-0.05, 0) is 25.1 Å². The van der Waals surface area contributed by atoms with Crippen molar-refractivity contribution >= 4 is 22.9 Å². The van der Waals surface area contributed by atoms with Gasteiger partial charge in [0.15, 0.2) is 0 Å². The molecule has 18 heavy (non-hydrogen) atoms. The quantitative estimate of drug-likeness (QED) is 0.797. The van der Waals surface area contributed by atoms with E-state index >= 15 is 0 Å². The van der Waals surface area contributed by atoms with Crippen LogP contribution in [0, 0.1) is 0 Å². The van der Waals surface area contributed by atoms with E-state index in [1.165, 1.54) is 0 Å². The van der Waals surface area contributed by atoms with E-state index in [-0.39, 0.29) is 6.04 Å². The molecule has 0 aliphatic carbocycles. The van der Waals surface area contributed by atoms with Gasteiger partial charge in [-0.1, -0.05) is 12.2 Å². The Morgan fingerprint density at radius 2 is 2.33 bits per heavy atom. The topological polar surface area (TPSA) is 68.8 Å². The van der Waals surface area contributed by atoms with E-state index in [1.807, 2.05) is 29.1 Å². The summed E-state index contributed by atoms with van der Waals surface area (Å²) in [5.41, 5.74) is 7.11. The molecular formula is C12H15N5S. The maximum Gasteiger partial charge on any atom is 0.124 e. The molecule has 5 nitrogen and oxygen atoms in total. The summed E-state index contributed by atoms with van der Waals surface area (Å²) in [6.45, 7) is 2.83. The Hall–Kier alpha value is -1.95. The van der Waals surface area contributed by atoms with E-state index in [4.69, 9.17) is 18.0 Å². The van der Waals surface area contributed by atoms with Crippen LogP contribution in [0.15, 0.2) is 36.8 Å². The Morgan fingerprint density at radius 1 is 1.50 bits per heavy atom. The molecule has 0 bridgehead atoms. The number of nitrogens with two attached hydrogens (primary N) is 1. The molecule has 2 aromatic heterocycles. The van der Waals surface area contributed by atoms with Crippen molar-refractivity contribution < 1.29 is 0 Å². The molecule has 2 aromatic rings. The third-order valence-electron chi connectivity index (χ3n) is 2.46. The van der Waals surface area contributed by atoms with Gasteiger partial charge in [-0.3, -0.25) is 9.67 Å². The van der Waals surface area contributed by atoms with Gasteiger partial charge in [0, 0.05) is 24.6 Å². The van der Waals surface area contributed by atoms with E-state index in [1.54, 1.807) is 12.4 Å². The molecule has 6 heteroatoms. The van der Waals surface area contributed by atoms with Gasteiger partial charge < -0.3 is 11.1 Å². The van der Waals surface area contributed by atoms with E-state index in [0.29, 0.717) is 10.7 Å². The lowest BCUT2D eigenvalue weighted by Gasteiger charge is -2.17. The highest BCUT2D eigenvalue weighted by atomic mass is 32.1. The first kappa shape index (κ1) is 12.5. The molecule has 1 atom stereocenters. The van der Waals surface area contributed by atoms with E-state index in [2.05, 4.69) is 22.3 Å². The lowest BCUT2D eigenvalue weighted by atomic mass is 10.2. The van der Waals surface area contributed by atoms with Gasteiger partial charge in [0.2, 0.25) is 0 Å². The summed E-state index contributed by atoms with van der Waals surface area (Å²) < 4.78 is 1.87. The van der Waals surface area contributed by atoms with Crippen LogP contribution in [0.1, 0.15) is 12.6 Å². The van der Waals surface area contributed by atoms with Crippen LogP contribution in [-0.2, 0) is 6.54 Å². The predicted molar refractivity (Wildman–Crippen MR) is 75.4 cm³/mol. The molecule has 94 valence electrons. The molecule has 0 saturated heterocycles. The first-order chi connectivity index (χ1) is 8.66. The SMILES string of the molecule is CC(Cn1cccn1)Nc1cccnc1C(N)=S. The Balaban J connectivity index is 2.07. The number of rotatable bonds is 5.